The fourth-order valence-electron chi connectivity index (χ4n) is 3.29. The summed E-state index contributed by atoms with van der Waals surface area (Å²) in [4.78, 5) is 12.0. The summed E-state index contributed by atoms with van der Waals surface area (Å²) in [6.07, 6.45) is 4.38. The number of carboxylic acids is 1. The van der Waals surface area contributed by atoms with Gasteiger partial charge in [0.1, 0.15) is 0 Å². The lowest BCUT2D eigenvalue weighted by atomic mass is 9.69. The van der Waals surface area contributed by atoms with E-state index < -0.39 is 21.2 Å². The first-order valence-electron chi connectivity index (χ1n) is 7.46. The first-order chi connectivity index (χ1) is 10.8. The molecule has 23 heavy (non-hydrogen) atoms. The van der Waals surface area contributed by atoms with Crippen molar-refractivity contribution >= 4 is 15.8 Å². The summed E-state index contributed by atoms with van der Waals surface area (Å²) in [5.41, 5.74) is -0.902. The van der Waals surface area contributed by atoms with Gasteiger partial charge in [-0.1, -0.05) is 19.3 Å². The molecule has 1 fully saturated rings. The van der Waals surface area contributed by atoms with Crippen LogP contribution in [0.1, 0.15) is 37.7 Å². The van der Waals surface area contributed by atoms with E-state index in [9.17, 15) is 18.3 Å². The maximum absolute atomic E-state index is 12.2. The Morgan fingerprint density at radius 3 is 2.04 bits per heavy atom. The van der Waals surface area contributed by atoms with E-state index in [2.05, 4.69) is 0 Å². The number of sulfone groups is 1. The molecular formula is C16H22O6S. The molecule has 0 saturated heterocycles. The normalized spacial score (nSPS) is 17.5. The lowest BCUT2D eigenvalue weighted by Gasteiger charge is -2.35. The summed E-state index contributed by atoms with van der Waals surface area (Å²) in [5.74, 6) is -0.386. The smallest absolute Gasteiger partial charge is 0.314 e. The van der Waals surface area contributed by atoms with Crippen LogP contribution in [0, 0.1) is 0 Å². The molecule has 0 radical (unpaired) electrons. The van der Waals surface area contributed by atoms with E-state index >= 15 is 0 Å². The number of methoxy groups -OCH3 is 2. The largest absolute Gasteiger partial charge is 0.493 e. The highest BCUT2D eigenvalue weighted by atomic mass is 32.2. The zero-order chi connectivity index (χ0) is 17.3. The van der Waals surface area contributed by atoms with Gasteiger partial charge in [-0.15, -0.1) is 0 Å². The number of ether oxygens (including phenoxy) is 2. The first-order valence-corrected chi connectivity index (χ1v) is 9.35. The van der Waals surface area contributed by atoms with Gasteiger partial charge in [0.25, 0.3) is 0 Å². The lowest BCUT2D eigenvalue weighted by Crippen LogP contribution is -2.39. The fourth-order valence-corrected chi connectivity index (χ4v) is 4.27. The van der Waals surface area contributed by atoms with Crippen LogP contribution in [0.5, 0.6) is 11.5 Å². The van der Waals surface area contributed by atoms with Crippen molar-refractivity contribution in [1.29, 1.82) is 0 Å². The Bertz CT molecular complexity index is 702. The first kappa shape index (κ1) is 17.6. The third kappa shape index (κ3) is 3.15. The molecule has 1 aliphatic carbocycles. The number of rotatable bonds is 5. The van der Waals surface area contributed by atoms with E-state index in [-0.39, 0.29) is 10.6 Å². The Morgan fingerprint density at radius 1 is 1.09 bits per heavy atom. The van der Waals surface area contributed by atoms with Crippen LogP contribution in [0.15, 0.2) is 17.0 Å². The Morgan fingerprint density at radius 2 is 1.61 bits per heavy atom. The summed E-state index contributed by atoms with van der Waals surface area (Å²) in [6, 6.07) is 2.87. The van der Waals surface area contributed by atoms with Crippen molar-refractivity contribution in [3.63, 3.8) is 0 Å². The zero-order valence-electron chi connectivity index (χ0n) is 13.6. The van der Waals surface area contributed by atoms with Gasteiger partial charge in [0, 0.05) is 12.3 Å². The maximum atomic E-state index is 12.2. The van der Waals surface area contributed by atoms with Gasteiger partial charge in [0.05, 0.1) is 24.5 Å². The topological polar surface area (TPSA) is 89.9 Å². The van der Waals surface area contributed by atoms with Gasteiger partial charge in [-0.05, 0) is 24.5 Å². The molecule has 2 rings (SSSR count). The third-order valence-electron chi connectivity index (χ3n) is 4.52. The molecule has 0 heterocycles. The summed E-state index contributed by atoms with van der Waals surface area (Å²) in [5, 5.41) is 9.86. The van der Waals surface area contributed by atoms with Gasteiger partial charge in [-0.2, -0.15) is 0 Å². The van der Waals surface area contributed by atoms with Gasteiger partial charge in [0.15, 0.2) is 21.3 Å². The van der Waals surface area contributed by atoms with E-state index in [1.54, 1.807) is 0 Å². The molecule has 1 aliphatic rings. The number of hydrogen-bond donors (Lipinski definition) is 1. The van der Waals surface area contributed by atoms with Crippen molar-refractivity contribution < 1.29 is 27.8 Å². The Hall–Kier alpha value is -1.76. The van der Waals surface area contributed by atoms with Crippen LogP contribution in [0.2, 0.25) is 0 Å². The predicted octanol–water partition coefficient (Wildman–Crippen LogP) is 2.39. The monoisotopic (exact) mass is 342 g/mol. The van der Waals surface area contributed by atoms with E-state index in [0.29, 0.717) is 24.2 Å². The second kappa shape index (κ2) is 6.39. The lowest BCUT2D eigenvalue weighted by molar-refractivity contribution is -0.145. The molecule has 0 amide bonds. The summed E-state index contributed by atoms with van der Waals surface area (Å²) in [7, 11) is -0.757. The highest BCUT2D eigenvalue weighted by Gasteiger charge is 2.44. The average Bonchev–Trinajstić information content (AvgIpc) is 2.53. The van der Waals surface area contributed by atoms with Crippen molar-refractivity contribution in [1.82, 2.24) is 0 Å². The molecule has 7 heteroatoms. The molecule has 128 valence electrons. The highest BCUT2D eigenvalue weighted by molar-refractivity contribution is 7.90. The van der Waals surface area contributed by atoms with Crippen LogP contribution in [-0.2, 0) is 20.0 Å². The number of aliphatic carboxylic acids is 1. The maximum Gasteiger partial charge on any atom is 0.314 e. The van der Waals surface area contributed by atoms with Crippen LogP contribution >= 0.6 is 0 Å². The molecule has 1 aromatic rings. The molecule has 0 spiro atoms. The molecule has 0 aromatic heterocycles. The summed E-state index contributed by atoms with van der Waals surface area (Å²) < 4.78 is 34.9. The van der Waals surface area contributed by atoms with Crippen molar-refractivity contribution in [3.05, 3.63) is 17.7 Å². The molecule has 0 bridgehead atoms. The van der Waals surface area contributed by atoms with Gasteiger partial charge in [-0.3, -0.25) is 4.79 Å². The van der Waals surface area contributed by atoms with Crippen molar-refractivity contribution in [3.8, 4) is 11.5 Å². The van der Waals surface area contributed by atoms with Gasteiger partial charge in [0.2, 0.25) is 0 Å². The number of carboxylic acid groups (broad SMARTS) is 1. The van der Waals surface area contributed by atoms with Gasteiger partial charge < -0.3 is 14.6 Å². The minimum atomic E-state index is -3.61. The van der Waals surface area contributed by atoms with E-state index in [4.69, 9.17) is 9.47 Å². The van der Waals surface area contributed by atoms with Crippen molar-refractivity contribution in [2.75, 3.05) is 20.5 Å². The molecule has 0 unspecified atom stereocenters. The van der Waals surface area contributed by atoms with Crippen LogP contribution in [0.3, 0.4) is 0 Å². The third-order valence-corrected chi connectivity index (χ3v) is 5.65. The van der Waals surface area contributed by atoms with Crippen molar-refractivity contribution in [2.45, 2.75) is 42.4 Å². The Balaban J connectivity index is 2.79. The number of benzene rings is 1. The Kier molecular flexibility index (Phi) is 4.89. The Labute approximate surface area is 136 Å². The molecule has 1 aromatic carbocycles. The molecule has 1 saturated carbocycles. The fraction of sp³-hybridized carbons (Fsp3) is 0.562. The van der Waals surface area contributed by atoms with Crippen LogP contribution in [-0.4, -0.2) is 40.0 Å². The van der Waals surface area contributed by atoms with E-state index in [1.165, 1.54) is 26.4 Å². The predicted molar refractivity (Wildman–Crippen MR) is 85.1 cm³/mol. The minimum absolute atomic E-state index is 0.000509. The minimum Gasteiger partial charge on any atom is -0.493 e. The van der Waals surface area contributed by atoms with Crippen LogP contribution < -0.4 is 9.47 Å². The second-order valence-electron chi connectivity index (χ2n) is 5.92. The highest BCUT2D eigenvalue weighted by Crippen LogP contribution is 2.45. The van der Waals surface area contributed by atoms with Crippen LogP contribution in [0.4, 0.5) is 0 Å². The van der Waals surface area contributed by atoms with Crippen molar-refractivity contribution in [2.24, 2.45) is 0 Å². The van der Waals surface area contributed by atoms with Gasteiger partial charge in [-0.25, -0.2) is 8.42 Å². The SMILES string of the molecule is COc1cc(C2(C(=O)O)CCCCC2)c(S(C)(=O)=O)cc1OC. The summed E-state index contributed by atoms with van der Waals surface area (Å²) >= 11 is 0. The molecule has 1 N–H and O–H groups in total. The number of hydrogen-bond acceptors (Lipinski definition) is 5. The zero-order valence-corrected chi connectivity index (χ0v) is 14.4. The molecule has 0 atom stereocenters. The quantitative estimate of drug-likeness (QED) is 0.884. The van der Waals surface area contributed by atoms with Gasteiger partial charge >= 0.3 is 5.97 Å². The standard InChI is InChI=1S/C16H22O6S/c1-21-12-9-11(14(23(3,19)20)10-13(12)22-2)16(15(17)18)7-5-4-6-8-16/h9-10H,4-8H2,1-3H3,(H,17,18). The van der Waals surface area contributed by atoms with E-state index in [1.807, 2.05) is 0 Å². The second-order valence-corrected chi connectivity index (χ2v) is 7.91. The average molecular weight is 342 g/mol. The molecular weight excluding hydrogens is 320 g/mol. The number of carbonyl (C=O) groups is 1. The van der Waals surface area contributed by atoms with Crippen LogP contribution in [0.25, 0.3) is 0 Å². The summed E-state index contributed by atoms with van der Waals surface area (Å²) in [6.45, 7) is 0. The van der Waals surface area contributed by atoms with E-state index in [0.717, 1.165) is 25.5 Å². The molecule has 0 aliphatic heterocycles. The molecule has 6 nitrogen and oxygen atoms in total.